The van der Waals surface area contributed by atoms with Gasteiger partial charge in [0.15, 0.2) is 0 Å². The molecule has 0 aliphatic heterocycles. The molecule has 1 amide bonds. The van der Waals surface area contributed by atoms with Gasteiger partial charge < -0.3 is 0 Å². The summed E-state index contributed by atoms with van der Waals surface area (Å²) < 4.78 is 0. The van der Waals surface area contributed by atoms with Crippen LogP contribution in [0, 0.1) is 0 Å². The molecule has 2 aromatic carbocycles. The van der Waals surface area contributed by atoms with Crippen molar-refractivity contribution >= 4 is 22.8 Å². The highest BCUT2D eigenvalue weighted by Crippen LogP contribution is 2.16. The van der Waals surface area contributed by atoms with E-state index in [4.69, 9.17) is 0 Å². The van der Waals surface area contributed by atoms with Crippen molar-refractivity contribution in [2.24, 2.45) is 0 Å². The van der Waals surface area contributed by atoms with Gasteiger partial charge in [-0.3, -0.25) is 10.0 Å². The average Bonchev–Trinajstić information content (AvgIpc) is 2.43. The van der Waals surface area contributed by atoms with Crippen LogP contribution in [-0.4, -0.2) is 22.2 Å². The largest absolute Gasteiger partial charge is 0.285 e. The van der Waals surface area contributed by atoms with E-state index in [1.54, 1.807) is 19.9 Å². The fourth-order valence-corrected chi connectivity index (χ4v) is 1.81. The summed E-state index contributed by atoms with van der Waals surface area (Å²) in [6.45, 7) is 3.50. The number of rotatable bonds is 3. The molecule has 0 spiro atoms. The summed E-state index contributed by atoms with van der Waals surface area (Å²) in [7, 11) is 0. The van der Waals surface area contributed by atoms with Crippen molar-refractivity contribution in [3.63, 3.8) is 0 Å². The van der Waals surface area contributed by atoms with E-state index in [9.17, 15) is 10.0 Å². The molecule has 0 atom stereocenters. The minimum absolute atomic E-state index is 0.228. The zero-order valence-electron chi connectivity index (χ0n) is 11.1. The summed E-state index contributed by atoms with van der Waals surface area (Å²) in [5.74, 6) is -0.414. The van der Waals surface area contributed by atoms with Gasteiger partial charge in [-0.25, -0.2) is 5.06 Å². The first-order valence-corrected chi connectivity index (χ1v) is 6.27. The Morgan fingerprint density at radius 3 is 2.53 bits per heavy atom. The Morgan fingerprint density at radius 1 is 1.16 bits per heavy atom. The van der Waals surface area contributed by atoms with Crippen LogP contribution in [0.1, 0.15) is 19.4 Å². The maximum Gasteiger partial charge on any atom is 0.270 e. The van der Waals surface area contributed by atoms with Gasteiger partial charge in [0.2, 0.25) is 0 Å². The lowest BCUT2D eigenvalue weighted by molar-refractivity contribution is -0.166. The van der Waals surface area contributed by atoms with Crippen LogP contribution >= 0.6 is 0 Å². The van der Waals surface area contributed by atoms with Gasteiger partial charge in [-0.05, 0) is 42.3 Å². The molecule has 0 aromatic heterocycles. The third kappa shape index (κ3) is 3.20. The monoisotopic (exact) mass is 255 g/mol. The van der Waals surface area contributed by atoms with Crippen molar-refractivity contribution in [1.29, 1.82) is 0 Å². The molecular formula is C16H17NO2. The minimum Gasteiger partial charge on any atom is -0.285 e. The van der Waals surface area contributed by atoms with Crippen molar-refractivity contribution < 1.29 is 10.0 Å². The molecule has 3 nitrogen and oxygen atoms in total. The Morgan fingerprint density at radius 2 is 1.84 bits per heavy atom. The highest BCUT2D eigenvalue weighted by molar-refractivity contribution is 5.92. The summed E-state index contributed by atoms with van der Waals surface area (Å²) in [6, 6.07) is 13.8. The summed E-state index contributed by atoms with van der Waals surface area (Å²) in [5.41, 5.74) is 0.934. The molecular weight excluding hydrogens is 238 g/mol. The van der Waals surface area contributed by atoms with Crippen LogP contribution in [0.2, 0.25) is 0 Å². The summed E-state index contributed by atoms with van der Waals surface area (Å²) >= 11 is 0. The smallest absolute Gasteiger partial charge is 0.270 e. The number of hydroxylamine groups is 2. The van der Waals surface area contributed by atoms with Crippen molar-refractivity contribution in [3.8, 4) is 0 Å². The van der Waals surface area contributed by atoms with Crippen LogP contribution in [0.15, 0.2) is 48.5 Å². The minimum atomic E-state index is -0.414. The van der Waals surface area contributed by atoms with E-state index in [2.05, 4.69) is 0 Å². The van der Waals surface area contributed by atoms with Crippen molar-refractivity contribution in [2.45, 2.75) is 19.9 Å². The van der Waals surface area contributed by atoms with Crippen LogP contribution in [0.25, 0.3) is 16.8 Å². The van der Waals surface area contributed by atoms with E-state index in [1.165, 1.54) is 6.08 Å². The first kappa shape index (κ1) is 13.3. The Balaban J connectivity index is 2.19. The van der Waals surface area contributed by atoms with E-state index < -0.39 is 5.91 Å². The van der Waals surface area contributed by atoms with E-state index in [-0.39, 0.29) is 6.04 Å². The van der Waals surface area contributed by atoms with Gasteiger partial charge in [0, 0.05) is 6.08 Å². The standard InChI is InChI=1S/C16H17NO2/c1-12(2)17(19)16(18)10-8-13-7-9-14-5-3-4-6-15(14)11-13/h3-12,19H,1-2H3/b10-8+. The third-order valence-corrected chi connectivity index (χ3v) is 2.91. The number of carbonyl (C=O) groups excluding carboxylic acids is 1. The van der Waals surface area contributed by atoms with Gasteiger partial charge in [-0.1, -0.05) is 36.4 Å². The lowest BCUT2D eigenvalue weighted by Crippen LogP contribution is -2.32. The fraction of sp³-hybridized carbons (Fsp3) is 0.188. The maximum absolute atomic E-state index is 11.6. The number of hydrogen-bond donors (Lipinski definition) is 1. The van der Waals surface area contributed by atoms with Gasteiger partial charge in [-0.2, -0.15) is 0 Å². The Hall–Kier alpha value is -2.13. The molecule has 98 valence electrons. The number of benzene rings is 2. The second kappa shape index (κ2) is 5.67. The molecule has 2 aromatic rings. The van der Waals surface area contributed by atoms with Crippen molar-refractivity contribution in [1.82, 2.24) is 5.06 Å². The SMILES string of the molecule is CC(C)N(O)C(=O)/C=C/c1ccc2ccccc2c1. The number of fused-ring (bicyclic) bond motifs is 1. The third-order valence-electron chi connectivity index (χ3n) is 2.91. The number of carbonyl (C=O) groups is 1. The molecule has 1 N–H and O–H groups in total. The molecule has 0 fully saturated rings. The molecule has 0 aliphatic rings. The zero-order chi connectivity index (χ0) is 13.8. The predicted octanol–water partition coefficient (Wildman–Crippen LogP) is 3.48. The van der Waals surface area contributed by atoms with Crippen LogP contribution in [0.4, 0.5) is 0 Å². The lowest BCUT2D eigenvalue weighted by atomic mass is 10.1. The predicted molar refractivity (Wildman–Crippen MR) is 76.8 cm³/mol. The van der Waals surface area contributed by atoms with Gasteiger partial charge in [0.05, 0.1) is 6.04 Å². The van der Waals surface area contributed by atoms with Crippen LogP contribution < -0.4 is 0 Å². The molecule has 2 rings (SSSR count). The fourth-order valence-electron chi connectivity index (χ4n) is 1.81. The molecule has 0 unspecified atom stereocenters. The molecule has 0 bridgehead atoms. The molecule has 19 heavy (non-hydrogen) atoms. The molecule has 0 saturated heterocycles. The summed E-state index contributed by atoms with van der Waals surface area (Å²) in [5, 5.41) is 12.5. The number of hydrogen-bond acceptors (Lipinski definition) is 2. The molecule has 0 aliphatic carbocycles. The van der Waals surface area contributed by atoms with Gasteiger partial charge in [-0.15, -0.1) is 0 Å². The normalized spacial score (nSPS) is 11.4. The van der Waals surface area contributed by atoms with Crippen LogP contribution in [0.3, 0.4) is 0 Å². The summed E-state index contributed by atoms with van der Waals surface area (Å²) in [6.07, 6.45) is 3.09. The topological polar surface area (TPSA) is 40.5 Å². The van der Waals surface area contributed by atoms with E-state index in [0.29, 0.717) is 0 Å². The van der Waals surface area contributed by atoms with Crippen molar-refractivity contribution in [2.75, 3.05) is 0 Å². The van der Waals surface area contributed by atoms with Gasteiger partial charge in [0.1, 0.15) is 0 Å². The first-order valence-electron chi connectivity index (χ1n) is 6.27. The van der Waals surface area contributed by atoms with Crippen LogP contribution in [-0.2, 0) is 4.79 Å². The zero-order valence-corrected chi connectivity index (χ0v) is 11.1. The number of nitrogens with zero attached hydrogens (tertiary/aromatic N) is 1. The molecule has 0 radical (unpaired) electrons. The van der Waals surface area contributed by atoms with E-state index in [0.717, 1.165) is 21.4 Å². The highest BCUT2D eigenvalue weighted by atomic mass is 16.5. The number of amides is 1. The Kier molecular flexibility index (Phi) is 3.97. The molecule has 0 saturated carbocycles. The Labute approximate surface area is 112 Å². The lowest BCUT2D eigenvalue weighted by Gasteiger charge is -2.16. The average molecular weight is 255 g/mol. The summed E-state index contributed by atoms with van der Waals surface area (Å²) in [4.78, 5) is 11.6. The van der Waals surface area contributed by atoms with Gasteiger partial charge in [0.25, 0.3) is 5.91 Å². The quantitative estimate of drug-likeness (QED) is 0.518. The molecule has 3 heteroatoms. The van der Waals surface area contributed by atoms with E-state index in [1.807, 2.05) is 42.5 Å². The highest BCUT2D eigenvalue weighted by Gasteiger charge is 2.10. The first-order chi connectivity index (χ1) is 9.08. The van der Waals surface area contributed by atoms with Gasteiger partial charge >= 0.3 is 0 Å². The van der Waals surface area contributed by atoms with Crippen LogP contribution in [0.5, 0.6) is 0 Å². The Bertz CT molecular complexity index is 617. The van der Waals surface area contributed by atoms with E-state index >= 15 is 0 Å². The molecule has 0 heterocycles. The second-order valence-electron chi connectivity index (χ2n) is 4.72. The second-order valence-corrected chi connectivity index (χ2v) is 4.72. The maximum atomic E-state index is 11.6. The van der Waals surface area contributed by atoms with Crippen molar-refractivity contribution in [3.05, 3.63) is 54.1 Å².